The molecule has 2 aliphatic heterocycles. The monoisotopic (exact) mass is 702 g/mol. The number of benzene rings is 2. The molecule has 0 radical (unpaired) electrons. The highest BCUT2D eigenvalue weighted by Crippen LogP contribution is 2.45. The Labute approximate surface area is 287 Å². The largest absolute Gasteiger partial charge is 0.459 e. The zero-order chi connectivity index (χ0) is 35.7. The maximum absolute atomic E-state index is 13.4. The second-order valence-corrected chi connectivity index (χ2v) is 17.3. The van der Waals surface area contributed by atoms with Gasteiger partial charge >= 0.3 is 12.1 Å². The number of ether oxygens (including phenoxy) is 8. The maximum Gasteiger partial charge on any atom is 0.408 e. The minimum atomic E-state index is -2.34. The molecule has 16 heteroatoms. The number of methoxy groups -OCH3 is 2. The van der Waals surface area contributed by atoms with Gasteiger partial charge in [-0.3, -0.25) is 0 Å². The summed E-state index contributed by atoms with van der Waals surface area (Å²) in [6, 6.07) is 16.9. The van der Waals surface area contributed by atoms with Crippen LogP contribution in [0.2, 0.25) is 19.6 Å². The molecular weight excluding hydrogens is 656 g/mol. The molecule has 49 heavy (non-hydrogen) atoms. The molecule has 1 amide bonds. The molecule has 2 aliphatic rings. The highest BCUT2D eigenvalue weighted by molar-refractivity contribution is 6.69. The second kappa shape index (κ2) is 16.9. The number of rotatable bonds is 15. The van der Waals surface area contributed by atoms with E-state index in [2.05, 4.69) is 15.3 Å². The predicted molar refractivity (Wildman–Crippen MR) is 177 cm³/mol. The third-order valence-corrected chi connectivity index (χ3v) is 9.15. The quantitative estimate of drug-likeness (QED) is 0.0886. The van der Waals surface area contributed by atoms with Crippen molar-refractivity contribution in [2.75, 3.05) is 27.4 Å². The Hall–Kier alpha value is -3.57. The van der Waals surface area contributed by atoms with Crippen LogP contribution in [-0.2, 0) is 60.3 Å². The van der Waals surface area contributed by atoms with Crippen LogP contribution in [0.3, 0.4) is 0 Å². The van der Waals surface area contributed by atoms with E-state index in [1.54, 1.807) is 13.8 Å². The number of carbonyl (C=O) groups is 2. The van der Waals surface area contributed by atoms with E-state index in [0.717, 1.165) is 11.1 Å². The number of amides is 1. The van der Waals surface area contributed by atoms with Crippen LogP contribution in [0.15, 0.2) is 65.8 Å². The fourth-order valence-corrected chi connectivity index (χ4v) is 6.44. The van der Waals surface area contributed by atoms with Gasteiger partial charge in [-0.05, 0) is 50.1 Å². The first kappa shape index (κ1) is 38.2. The zero-order valence-electron chi connectivity index (χ0n) is 28.9. The molecule has 0 aliphatic carbocycles. The molecule has 2 aromatic rings. The average molecular weight is 703 g/mol. The van der Waals surface area contributed by atoms with Gasteiger partial charge in [0.25, 0.3) is 0 Å². The first-order valence-electron chi connectivity index (χ1n) is 15.9. The van der Waals surface area contributed by atoms with Gasteiger partial charge in [-0.25, -0.2) is 9.59 Å². The number of nitrogens with one attached hydrogen (secondary N) is 1. The summed E-state index contributed by atoms with van der Waals surface area (Å²) in [6.07, 6.45) is -5.50. The standard InChI is InChI=1S/C33H46N4O11Si/c1-32(40-3)33(2,41-4)47-27-26(46-32)25(18-35-37-34)45-30(28(27)48-49(5,6)7)43-21-24(29(38)42-19-22-14-10-8-11-15-22)36-31(39)44-20-23-16-12-9-13-17-23/h8-17,24-28,30H,18-21H2,1-7H3,(H,36,39)/t24-,25+,26+,27-,28-,30-,32-,33-/m0/s1. The Balaban J connectivity index is 1.58. The van der Waals surface area contributed by atoms with Crippen LogP contribution in [0.25, 0.3) is 10.4 Å². The van der Waals surface area contributed by atoms with Gasteiger partial charge in [0.1, 0.15) is 31.5 Å². The molecule has 2 aromatic carbocycles. The van der Waals surface area contributed by atoms with E-state index in [1.807, 2.05) is 80.3 Å². The normalized spacial score (nSPS) is 28.8. The molecule has 2 fully saturated rings. The Bertz CT molecular complexity index is 1430. The summed E-state index contributed by atoms with van der Waals surface area (Å²) in [5.41, 5.74) is 10.7. The molecule has 268 valence electrons. The lowest BCUT2D eigenvalue weighted by molar-refractivity contribution is -0.477. The summed E-state index contributed by atoms with van der Waals surface area (Å²) in [6.45, 7) is 8.71. The van der Waals surface area contributed by atoms with Gasteiger partial charge in [-0.15, -0.1) is 0 Å². The molecule has 4 rings (SSSR count). The molecule has 15 nitrogen and oxygen atoms in total. The van der Waals surface area contributed by atoms with Crippen LogP contribution in [0.5, 0.6) is 0 Å². The van der Waals surface area contributed by atoms with Gasteiger partial charge < -0.3 is 47.6 Å². The van der Waals surface area contributed by atoms with E-state index >= 15 is 0 Å². The summed E-state index contributed by atoms with van der Waals surface area (Å²) in [7, 11) is 0.590. The van der Waals surface area contributed by atoms with Crippen LogP contribution in [-0.4, -0.2) is 96.1 Å². The lowest BCUT2D eigenvalue weighted by Gasteiger charge is -2.57. The van der Waals surface area contributed by atoms with Crippen LogP contribution in [0, 0.1) is 0 Å². The Morgan fingerprint density at radius 3 is 2.00 bits per heavy atom. The summed E-state index contributed by atoms with van der Waals surface area (Å²) in [5, 5.41) is 6.29. The fourth-order valence-electron chi connectivity index (χ4n) is 5.38. The number of hydrogen-bond donors (Lipinski definition) is 1. The fraction of sp³-hybridized carbons (Fsp3) is 0.576. The molecule has 1 N–H and O–H groups in total. The highest BCUT2D eigenvalue weighted by Gasteiger charge is 2.63. The number of esters is 1. The van der Waals surface area contributed by atoms with Crippen molar-refractivity contribution in [2.45, 2.75) is 95.0 Å². The molecule has 0 saturated carbocycles. The lowest BCUT2D eigenvalue weighted by atomic mass is 9.94. The Kier molecular flexibility index (Phi) is 13.2. The first-order chi connectivity index (χ1) is 23.3. The summed E-state index contributed by atoms with van der Waals surface area (Å²) < 4.78 is 54.5. The lowest BCUT2D eigenvalue weighted by Crippen LogP contribution is -2.74. The van der Waals surface area contributed by atoms with E-state index < -0.39 is 75.3 Å². The Morgan fingerprint density at radius 2 is 1.47 bits per heavy atom. The van der Waals surface area contributed by atoms with E-state index in [0.29, 0.717) is 0 Å². The topological polar surface area (TPSA) is 178 Å². The van der Waals surface area contributed by atoms with Gasteiger partial charge in [0.15, 0.2) is 20.6 Å². The van der Waals surface area contributed by atoms with Crippen LogP contribution >= 0.6 is 0 Å². The molecule has 2 saturated heterocycles. The molecule has 2 heterocycles. The third-order valence-electron chi connectivity index (χ3n) is 8.17. The smallest absolute Gasteiger partial charge is 0.408 e. The molecule has 0 spiro atoms. The van der Waals surface area contributed by atoms with E-state index in [9.17, 15) is 9.59 Å². The van der Waals surface area contributed by atoms with Gasteiger partial charge in [0.05, 0.1) is 19.3 Å². The minimum absolute atomic E-state index is 0.0165. The number of hydrogen-bond acceptors (Lipinski definition) is 12. The zero-order valence-corrected chi connectivity index (χ0v) is 29.9. The number of nitrogens with zero attached hydrogens (tertiary/aromatic N) is 3. The molecule has 0 unspecified atom stereocenters. The SMILES string of the molecule is CO[C@@]1(C)O[C@@H]2[C@H](O[Si](C)(C)C)[C@@H](OC[C@H](NC(=O)OCc3ccccc3)C(=O)OCc3ccccc3)O[C@H](CN=[N+]=[N-])[C@H]2O[C@]1(C)OC. The molecular formula is C33H46N4O11Si. The van der Waals surface area contributed by atoms with Crippen molar-refractivity contribution in [2.24, 2.45) is 5.11 Å². The number of fused-ring (bicyclic) bond motifs is 1. The average Bonchev–Trinajstić information content (AvgIpc) is 3.09. The van der Waals surface area contributed by atoms with Crippen molar-refractivity contribution < 1.29 is 51.9 Å². The highest BCUT2D eigenvalue weighted by atomic mass is 28.4. The van der Waals surface area contributed by atoms with E-state index in [-0.39, 0.29) is 19.8 Å². The van der Waals surface area contributed by atoms with Gasteiger partial charge in [-0.1, -0.05) is 65.8 Å². The van der Waals surface area contributed by atoms with Crippen molar-refractivity contribution in [3.63, 3.8) is 0 Å². The van der Waals surface area contributed by atoms with E-state index in [4.69, 9.17) is 47.9 Å². The van der Waals surface area contributed by atoms with Crippen molar-refractivity contribution >= 4 is 20.4 Å². The third kappa shape index (κ3) is 10.00. The minimum Gasteiger partial charge on any atom is -0.459 e. The van der Waals surface area contributed by atoms with E-state index in [1.165, 1.54) is 14.2 Å². The maximum atomic E-state index is 13.4. The summed E-state index contributed by atoms with van der Waals surface area (Å²) in [5.74, 6) is -3.54. The van der Waals surface area contributed by atoms with Crippen LogP contribution in [0.1, 0.15) is 25.0 Å². The Morgan fingerprint density at radius 1 is 0.918 bits per heavy atom. The summed E-state index contributed by atoms with van der Waals surface area (Å²) in [4.78, 5) is 29.2. The first-order valence-corrected chi connectivity index (χ1v) is 19.3. The molecule has 0 aromatic heterocycles. The number of azide groups is 1. The summed E-state index contributed by atoms with van der Waals surface area (Å²) >= 11 is 0. The van der Waals surface area contributed by atoms with Crippen LogP contribution < -0.4 is 5.32 Å². The van der Waals surface area contributed by atoms with Crippen LogP contribution in [0.4, 0.5) is 4.79 Å². The van der Waals surface area contributed by atoms with Crippen molar-refractivity contribution in [3.8, 4) is 0 Å². The predicted octanol–water partition coefficient (Wildman–Crippen LogP) is 4.81. The number of alkyl carbamates (subject to hydrolysis) is 1. The van der Waals surface area contributed by atoms with Gasteiger partial charge in [-0.2, -0.15) is 0 Å². The molecule has 8 atom stereocenters. The van der Waals surface area contributed by atoms with Crippen molar-refractivity contribution in [1.82, 2.24) is 5.32 Å². The number of carbonyl (C=O) groups excluding carboxylic acids is 2. The van der Waals surface area contributed by atoms with Gasteiger partial charge in [0.2, 0.25) is 11.6 Å². The molecule has 0 bridgehead atoms. The van der Waals surface area contributed by atoms with Gasteiger partial charge in [0, 0.05) is 19.1 Å². The van der Waals surface area contributed by atoms with Crippen molar-refractivity contribution in [3.05, 3.63) is 82.2 Å². The van der Waals surface area contributed by atoms with Crippen molar-refractivity contribution in [1.29, 1.82) is 0 Å². The second-order valence-electron chi connectivity index (χ2n) is 12.8.